The molecule has 16 heavy (non-hydrogen) atoms. The van der Waals surface area contributed by atoms with Crippen LogP contribution in [0.2, 0.25) is 0 Å². The number of rotatable bonds is 5. The van der Waals surface area contributed by atoms with E-state index in [1.54, 1.807) is 24.3 Å². The molecule has 0 radical (unpaired) electrons. The lowest BCUT2D eigenvalue weighted by Crippen LogP contribution is -2.20. The van der Waals surface area contributed by atoms with Crippen molar-refractivity contribution in [2.45, 2.75) is 32.8 Å². The number of Topliss-reactive ketones (excluding diaryl/α,β-unsaturated/α-hetero) is 1. The number of hydrogen-bond donors (Lipinski definition) is 0. The molecule has 0 aliphatic carbocycles. The Morgan fingerprint density at radius 2 is 1.88 bits per heavy atom. The molecule has 1 atom stereocenters. The summed E-state index contributed by atoms with van der Waals surface area (Å²) >= 11 is 0. The minimum absolute atomic E-state index is 0.0349. The Bertz CT molecular complexity index is 357. The molecule has 1 rings (SSSR count). The van der Waals surface area contributed by atoms with Gasteiger partial charge in [-0.25, -0.2) is 4.79 Å². The highest BCUT2D eigenvalue weighted by Crippen LogP contribution is 2.09. The second-order valence-corrected chi connectivity index (χ2v) is 3.71. The van der Waals surface area contributed by atoms with Gasteiger partial charge >= 0.3 is 5.97 Å². The van der Waals surface area contributed by atoms with E-state index in [0.717, 1.165) is 0 Å². The van der Waals surface area contributed by atoms with Crippen LogP contribution in [0, 0.1) is 0 Å². The predicted molar refractivity (Wildman–Crippen MR) is 61.2 cm³/mol. The Labute approximate surface area is 95.4 Å². The second-order valence-electron chi connectivity index (χ2n) is 3.71. The summed E-state index contributed by atoms with van der Waals surface area (Å²) in [7, 11) is 0. The Kier molecular flexibility index (Phi) is 4.70. The third-order valence-electron chi connectivity index (χ3n) is 2.25. The highest BCUT2D eigenvalue weighted by Gasteiger charge is 2.15. The van der Waals surface area contributed by atoms with Gasteiger partial charge in [0.05, 0.1) is 5.56 Å². The standard InChI is InChI=1S/C13H16O3/c1-3-12(9-10(2)14)16-13(15)11-7-5-4-6-8-11/h4-8,12H,3,9H2,1-2H3. The molecule has 0 aromatic heterocycles. The summed E-state index contributed by atoms with van der Waals surface area (Å²) in [5.41, 5.74) is 0.518. The van der Waals surface area contributed by atoms with Crippen molar-refractivity contribution >= 4 is 11.8 Å². The monoisotopic (exact) mass is 220 g/mol. The van der Waals surface area contributed by atoms with Crippen LogP contribution in [0.5, 0.6) is 0 Å². The smallest absolute Gasteiger partial charge is 0.338 e. The van der Waals surface area contributed by atoms with Gasteiger partial charge in [0, 0.05) is 6.42 Å². The molecule has 0 spiro atoms. The van der Waals surface area contributed by atoms with Crippen molar-refractivity contribution in [2.75, 3.05) is 0 Å². The van der Waals surface area contributed by atoms with Gasteiger partial charge in [0.1, 0.15) is 11.9 Å². The molecule has 0 aliphatic rings. The minimum Gasteiger partial charge on any atom is -0.458 e. The maximum Gasteiger partial charge on any atom is 0.338 e. The van der Waals surface area contributed by atoms with Crippen LogP contribution in [-0.4, -0.2) is 17.9 Å². The van der Waals surface area contributed by atoms with Gasteiger partial charge in [0.15, 0.2) is 0 Å². The Balaban J connectivity index is 2.59. The number of ketones is 1. The molecule has 0 aliphatic heterocycles. The van der Waals surface area contributed by atoms with E-state index in [1.807, 2.05) is 13.0 Å². The van der Waals surface area contributed by atoms with Crippen molar-refractivity contribution in [3.05, 3.63) is 35.9 Å². The molecule has 86 valence electrons. The number of ether oxygens (including phenoxy) is 1. The zero-order chi connectivity index (χ0) is 12.0. The van der Waals surface area contributed by atoms with Gasteiger partial charge in [-0.05, 0) is 25.5 Å². The van der Waals surface area contributed by atoms with E-state index in [4.69, 9.17) is 4.74 Å². The van der Waals surface area contributed by atoms with Crippen LogP contribution in [0.4, 0.5) is 0 Å². The van der Waals surface area contributed by atoms with Crippen molar-refractivity contribution in [3.63, 3.8) is 0 Å². The molecular formula is C13H16O3. The van der Waals surface area contributed by atoms with Crippen LogP contribution in [0.15, 0.2) is 30.3 Å². The molecule has 0 saturated heterocycles. The van der Waals surface area contributed by atoms with Crippen LogP contribution >= 0.6 is 0 Å². The summed E-state index contributed by atoms with van der Waals surface area (Å²) in [5.74, 6) is -0.332. The molecule has 0 saturated carbocycles. The zero-order valence-corrected chi connectivity index (χ0v) is 9.60. The number of carbonyl (C=O) groups excluding carboxylic acids is 2. The highest BCUT2D eigenvalue weighted by atomic mass is 16.5. The fraction of sp³-hybridized carbons (Fsp3) is 0.385. The van der Waals surface area contributed by atoms with Crippen LogP contribution in [0.25, 0.3) is 0 Å². The molecule has 0 N–H and O–H groups in total. The Morgan fingerprint density at radius 1 is 1.25 bits per heavy atom. The maximum absolute atomic E-state index is 11.7. The van der Waals surface area contributed by atoms with Gasteiger partial charge in [-0.3, -0.25) is 4.79 Å². The third-order valence-corrected chi connectivity index (χ3v) is 2.25. The highest BCUT2D eigenvalue weighted by molar-refractivity contribution is 5.89. The van der Waals surface area contributed by atoms with Gasteiger partial charge in [0.25, 0.3) is 0 Å². The predicted octanol–water partition coefficient (Wildman–Crippen LogP) is 2.60. The van der Waals surface area contributed by atoms with E-state index in [-0.39, 0.29) is 24.3 Å². The van der Waals surface area contributed by atoms with Crippen LogP contribution in [-0.2, 0) is 9.53 Å². The van der Waals surface area contributed by atoms with Crippen molar-refractivity contribution in [1.82, 2.24) is 0 Å². The molecule has 3 heteroatoms. The Hall–Kier alpha value is -1.64. The van der Waals surface area contributed by atoms with E-state index in [9.17, 15) is 9.59 Å². The average molecular weight is 220 g/mol. The fourth-order valence-corrected chi connectivity index (χ4v) is 1.38. The maximum atomic E-state index is 11.7. The number of carbonyl (C=O) groups is 2. The molecule has 0 bridgehead atoms. The summed E-state index contributed by atoms with van der Waals surface area (Å²) in [6, 6.07) is 8.79. The first-order chi connectivity index (χ1) is 7.63. The lowest BCUT2D eigenvalue weighted by molar-refractivity contribution is -0.118. The normalized spacial score (nSPS) is 11.9. The molecule has 0 amide bonds. The first-order valence-corrected chi connectivity index (χ1v) is 5.39. The van der Waals surface area contributed by atoms with E-state index in [1.165, 1.54) is 6.92 Å². The lowest BCUT2D eigenvalue weighted by Gasteiger charge is -2.14. The molecule has 1 aromatic carbocycles. The average Bonchev–Trinajstić information content (AvgIpc) is 2.28. The van der Waals surface area contributed by atoms with E-state index < -0.39 is 0 Å². The SMILES string of the molecule is CCC(CC(C)=O)OC(=O)c1ccccc1. The van der Waals surface area contributed by atoms with Crippen molar-refractivity contribution in [1.29, 1.82) is 0 Å². The number of benzene rings is 1. The second kappa shape index (κ2) is 6.05. The number of hydrogen-bond acceptors (Lipinski definition) is 3. The van der Waals surface area contributed by atoms with Crippen molar-refractivity contribution in [3.8, 4) is 0 Å². The van der Waals surface area contributed by atoms with Gasteiger partial charge < -0.3 is 4.74 Å². The van der Waals surface area contributed by atoms with Gasteiger partial charge in [-0.2, -0.15) is 0 Å². The van der Waals surface area contributed by atoms with E-state index in [0.29, 0.717) is 12.0 Å². The lowest BCUT2D eigenvalue weighted by atomic mass is 10.1. The summed E-state index contributed by atoms with van der Waals surface area (Å²) in [6.07, 6.45) is 0.623. The number of esters is 1. The quantitative estimate of drug-likeness (QED) is 0.716. The summed E-state index contributed by atoms with van der Waals surface area (Å²) in [6.45, 7) is 3.39. The minimum atomic E-state index is -0.367. The van der Waals surface area contributed by atoms with Crippen LogP contribution < -0.4 is 0 Å². The molecule has 0 heterocycles. The van der Waals surface area contributed by atoms with Gasteiger partial charge in [-0.15, -0.1) is 0 Å². The van der Waals surface area contributed by atoms with E-state index in [2.05, 4.69) is 0 Å². The van der Waals surface area contributed by atoms with Crippen LogP contribution in [0.3, 0.4) is 0 Å². The topological polar surface area (TPSA) is 43.4 Å². The zero-order valence-electron chi connectivity index (χ0n) is 9.60. The van der Waals surface area contributed by atoms with Gasteiger partial charge in [-0.1, -0.05) is 25.1 Å². The molecule has 3 nitrogen and oxygen atoms in total. The molecule has 1 unspecified atom stereocenters. The first kappa shape index (κ1) is 12.4. The summed E-state index contributed by atoms with van der Waals surface area (Å²) < 4.78 is 5.24. The third kappa shape index (κ3) is 3.85. The molecule has 0 fully saturated rings. The largest absolute Gasteiger partial charge is 0.458 e. The Morgan fingerprint density at radius 3 is 2.38 bits per heavy atom. The van der Waals surface area contributed by atoms with Crippen LogP contribution in [0.1, 0.15) is 37.0 Å². The molecular weight excluding hydrogens is 204 g/mol. The van der Waals surface area contributed by atoms with Gasteiger partial charge in [0.2, 0.25) is 0 Å². The van der Waals surface area contributed by atoms with Crippen molar-refractivity contribution in [2.24, 2.45) is 0 Å². The summed E-state index contributed by atoms with van der Waals surface area (Å²) in [5, 5.41) is 0. The fourth-order valence-electron chi connectivity index (χ4n) is 1.38. The first-order valence-electron chi connectivity index (χ1n) is 5.39. The van der Waals surface area contributed by atoms with E-state index >= 15 is 0 Å². The molecule has 1 aromatic rings. The summed E-state index contributed by atoms with van der Waals surface area (Å²) in [4.78, 5) is 22.6. The van der Waals surface area contributed by atoms with Crippen molar-refractivity contribution < 1.29 is 14.3 Å².